The Bertz CT molecular complexity index is 675. The summed E-state index contributed by atoms with van der Waals surface area (Å²) in [4.78, 5) is 9.32. The fraction of sp³-hybridized carbons (Fsp3) is 0.444. The highest BCUT2D eigenvalue weighted by molar-refractivity contribution is 5.45. The Hall–Kier alpha value is -2.10. The van der Waals surface area contributed by atoms with Crippen molar-refractivity contribution in [2.45, 2.75) is 51.1 Å². The fourth-order valence-electron chi connectivity index (χ4n) is 2.61. The number of anilines is 2. The summed E-state index contributed by atoms with van der Waals surface area (Å²) < 4.78 is 0. The van der Waals surface area contributed by atoms with Crippen molar-refractivity contribution in [3.63, 3.8) is 0 Å². The summed E-state index contributed by atoms with van der Waals surface area (Å²) >= 11 is 0. The zero-order chi connectivity index (χ0) is 14.9. The molecule has 2 fully saturated rings. The number of hydrogen-bond acceptors (Lipinski definition) is 4. The summed E-state index contributed by atoms with van der Waals surface area (Å²) in [5.41, 5.74) is 3.80. The predicted molar refractivity (Wildman–Crippen MR) is 89.2 cm³/mol. The lowest BCUT2D eigenvalue weighted by molar-refractivity contribution is 0.957. The van der Waals surface area contributed by atoms with Gasteiger partial charge in [-0.15, -0.1) is 0 Å². The molecule has 0 unspecified atom stereocenters. The SMILES string of the molecule is Cc1ccccc1CNc1cc(C2CC2)nc(NC2CC2)n1. The van der Waals surface area contributed by atoms with Gasteiger partial charge in [-0.3, -0.25) is 0 Å². The van der Waals surface area contributed by atoms with E-state index >= 15 is 0 Å². The second kappa shape index (κ2) is 5.59. The lowest BCUT2D eigenvalue weighted by Crippen LogP contribution is -2.10. The highest BCUT2D eigenvalue weighted by Gasteiger charge is 2.27. The molecule has 0 spiro atoms. The third-order valence-corrected chi connectivity index (χ3v) is 4.37. The van der Waals surface area contributed by atoms with Crippen LogP contribution in [0.1, 0.15) is 48.4 Å². The van der Waals surface area contributed by atoms with Gasteiger partial charge in [0.05, 0.1) is 5.69 Å². The lowest BCUT2D eigenvalue weighted by atomic mass is 10.1. The molecule has 0 atom stereocenters. The minimum atomic E-state index is 0.582. The van der Waals surface area contributed by atoms with Crippen LogP contribution in [0, 0.1) is 6.92 Å². The van der Waals surface area contributed by atoms with E-state index in [2.05, 4.69) is 57.9 Å². The van der Waals surface area contributed by atoms with Gasteiger partial charge in [-0.05, 0) is 43.7 Å². The molecule has 0 aliphatic heterocycles. The number of nitrogens with zero attached hydrogens (tertiary/aromatic N) is 2. The van der Waals surface area contributed by atoms with Crippen LogP contribution in [0.5, 0.6) is 0 Å². The van der Waals surface area contributed by atoms with Crippen LogP contribution < -0.4 is 10.6 Å². The molecular weight excluding hydrogens is 272 g/mol. The summed E-state index contributed by atoms with van der Waals surface area (Å²) in [6.07, 6.45) is 5.00. The molecule has 2 aromatic rings. The Kier molecular flexibility index (Phi) is 3.45. The van der Waals surface area contributed by atoms with Gasteiger partial charge < -0.3 is 10.6 Å². The normalized spacial score (nSPS) is 17.3. The second-order valence-electron chi connectivity index (χ2n) is 6.47. The number of rotatable bonds is 6. The van der Waals surface area contributed by atoms with Gasteiger partial charge in [0, 0.05) is 24.6 Å². The van der Waals surface area contributed by atoms with E-state index in [1.54, 1.807) is 0 Å². The van der Waals surface area contributed by atoms with Gasteiger partial charge in [0.15, 0.2) is 0 Å². The highest BCUT2D eigenvalue weighted by Crippen LogP contribution is 2.40. The van der Waals surface area contributed by atoms with E-state index in [0.717, 1.165) is 18.3 Å². The number of hydrogen-bond donors (Lipinski definition) is 2. The van der Waals surface area contributed by atoms with Crippen molar-refractivity contribution in [2.24, 2.45) is 0 Å². The number of aryl methyl sites for hydroxylation is 1. The van der Waals surface area contributed by atoms with Crippen LogP contribution in [0.15, 0.2) is 30.3 Å². The standard InChI is InChI=1S/C18H22N4/c1-12-4-2-3-5-14(12)11-19-17-10-16(13-6-7-13)21-18(22-17)20-15-8-9-15/h2-5,10,13,15H,6-9,11H2,1H3,(H2,19,20,21,22). The Morgan fingerprint density at radius 3 is 2.64 bits per heavy atom. The molecule has 1 aromatic carbocycles. The predicted octanol–water partition coefficient (Wildman–Crippen LogP) is 3.85. The molecule has 0 amide bonds. The van der Waals surface area contributed by atoms with E-state index in [4.69, 9.17) is 0 Å². The Labute approximate surface area is 131 Å². The molecule has 2 aliphatic carbocycles. The highest BCUT2D eigenvalue weighted by atomic mass is 15.2. The molecule has 4 heteroatoms. The van der Waals surface area contributed by atoms with Crippen molar-refractivity contribution in [3.05, 3.63) is 47.2 Å². The van der Waals surface area contributed by atoms with E-state index in [-0.39, 0.29) is 0 Å². The Morgan fingerprint density at radius 2 is 1.91 bits per heavy atom. The van der Waals surface area contributed by atoms with Crippen LogP contribution in [0.3, 0.4) is 0 Å². The maximum Gasteiger partial charge on any atom is 0.225 e. The van der Waals surface area contributed by atoms with Crippen LogP contribution in [0.4, 0.5) is 11.8 Å². The zero-order valence-electron chi connectivity index (χ0n) is 13.0. The molecule has 2 N–H and O–H groups in total. The zero-order valence-corrected chi connectivity index (χ0v) is 13.0. The first kappa shape index (κ1) is 13.6. The average Bonchev–Trinajstić information content (AvgIpc) is 3.39. The average molecular weight is 294 g/mol. The van der Waals surface area contributed by atoms with Crippen molar-refractivity contribution in [3.8, 4) is 0 Å². The van der Waals surface area contributed by atoms with Gasteiger partial charge in [-0.1, -0.05) is 24.3 Å². The van der Waals surface area contributed by atoms with Crippen molar-refractivity contribution in [1.82, 2.24) is 9.97 Å². The minimum Gasteiger partial charge on any atom is -0.366 e. The quantitative estimate of drug-likeness (QED) is 0.849. The molecule has 2 aliphatic rings. The van der Waals surface area contributed by atoms with Gasteiger partial charge in [0.2, 0.25) is 5.95 Å². The molecule has 1 aromatic heterocycles. The number of aromatic nitrogens is 2. The second-order valence-corrected chi connectivity index (χ2v) is 6.47. The van der Waals surface area contributed by atoms with Gasteiger partial charge in [0.25, 0.3) is 0 Å². The molecule has 4 nitrogen and oxygen atoms in total. The van der Waals surface area contributed by atoms with E-state index in [1.165, 1.54) is 42.5 Å². The van der Waals surface area contributed by atoms with Gasteiger partial charge in [0.1, 0.15) is 5.82 Å². The summed E-state index contributed by atoms with van der Waals surface area (Å²) in [6, 6.07) is 11.2. The molecule has 4 rings (SSSR count). The Balaban J connectivity index is 1.52. The summed E-state index contributed by atoms with van der Waals surface area (Å²) in [7, 11) is 0. The first-order valence-corrected chi connectivity index (χ1v) is 8.22. The van der Waals surface area contributed by atoms with Crippen molar-refractivity contribution in [2.75, 3.05) is 10.6 Å². The van der Waals surface area contributed by atoms with Gasteiger partial charge in [-0.2, -0.15) is 4.98 Å². The Morgan fingerprint density at radius 1 is 1.09 bits per heavy atom. The largest absolute Gasteiger partial charge is 0.366 e. The number of benzene rings is 1. The smallest absolute Gasteiger partial charge is 0.225 e. The third kappa shape index (κ3) is 3.21. The van der Waals surface area contributed by atoms with Crippen molar-refractivity contribution < 1.29 is 0 Å². The maximum atomic E-state index is 4.69. The first-order chi connectivity index (χ1) is 10.8. The van der Waals surface area contributed by atoms with Gasteiger partial charge >= 0.3 is 0 Å². The number of nitrogens with one attached hydrogen (secondary N) is 2. The van der Waals surface area contributed by atoms with E-state index in [9.17, 15) is 0 Å². The molecule has 22 heavy (non-hydrogen) atoms. The van der Waals surface area contributed by atoms with Crippen LogP contribution in [-0.4, -0.2) is 16.0 Å². The van der Waals surface area contributed by atoms with Crippen LogP contribution in [0.25, 0.3) is 0 Å². The summed E-state index contributed by atoms with van der Waals surface area (Å²) in [6.45, 7) is 2.95. The minimum absolute atomic E-state index is 0.582. The molecule has 1 heterocycles. The summed E-state index contributed by atoms with van der Waals surface area (Å²) in [5.74, 6) is 2.37. The third-order valence-electron chi connectivity index (χ3n) is 4.37. The molecule has 2 saturated carbocycles. The van der Waals surface area contributed by atoms with Gasteiger partial charge in [-0.25, -0.2) is 4.98 Å². The van der Waals surface area contributed by atoms with Crippen LogP contribution in [-0.2, 0) is 6.54 Å². The van der Waals surface area contributed by atoms with E-state index in [1.807, 2.05) is 0 Å². The lowest BCUT2D eigenvalue weighted by Gasteiger charge is -2.12. The van der Waals surface area contributed by atoms with E-state index < -0.39 is 0 Å². The monoisotopic (exact) mass is 294 g/mol. The van der Waals surface area contributed by atoms with Crippen molar-refractivity contribution in [1.29, 1.82) is 0 Å². The van der Waals surface area contributed by atoms with Crippen LogP contribution in [0.2, 0.25) is 0 Å². The van der Waals surface area contributed by atoms with Crippen molar-refractivity contribution >= 4 is 11.8 Å². The topological polar surface area (TPSA) is 49.8 Å². The van der Waals surface area contributed by atoms with E-state index in [0.29, 0.717) is 12.0 Å². The summed E-state index contributed by atoms with van der Waals surface area (Å²) in [5, 5.41) is 6.89. The first-order valence-electron chi connectivity index (χ1n) is 8.22. The molecule has 0 radical (unpaired) electrons. The molecular formula is C18H22N4. The fourth-order valence-corrected chi connectivity index (χ4v) is 2.61. The molecule has 0 saturated heterocycles. The molecule has 0 bridgehead atoms. The van der Waals surface area contributed by atoms with Crippen LogP contribution >= 0.6 is 0 Å². The molecule has 114 valence electrons. The maximum absolute atomic E-state index is 4.69.